The van der Waals surface area contributed by atoms with Crippen molar-refractivity contribution in [2.45, 2.75) is 38.6 Å². The average Bonchev–Trinajstić information content (AvgIpc) is 2.93. The lowest BCUT2D eigenvalue weighted by Crippen LogP contribution is -2.46. The maximum atomic E-state index is 13.4. The number of hydrogen-bond acceptors (Lipinski definition) is 4. The quantitative estimate of drug-likeness (QED) is 0.795. The van der Waals surface area contributed by atoms with Crippen LogP contribution < -0.4 is 4.90 Å². The molecule has 4 rings (SSSR count). The zero-order chi connectivity index (χ0) is 14.4. The molecular weight excluding hydrogens is 267 g/mol. The van der Waals surface area contributed by atoms with Gasteiger partial charge in [-0.1, -0.05) is 0 Å². The van der Waals surface area contributed by atoms with Gasteiger partial charge >= 0.3 is 0 Å². The first-order valence-corrected chi connectivity index (χ1v) is 7.51. The van der Waals surface area contributed by atoms with Gasteiger partial charge in [0.2, 0.25) is 11.9 Å². The van der Waals surface area contributed by atoms with E-state index >= 15 is 0 Å². The van der Waals surface area contributed by atoms with Crippen LogP contribution in [0.5, 0.6) is 0 Å². The minimum atomic E-state index is -0.461. The molecule has 1 saturated heterocycles. The predicted molar refractivity (Wildman–Crippen MR) is 78.7 cm³/mol. The number of aromatic nitrogens is 3. The van der Waals surface area contributed by atoms with E-state index in [2.05, 4.69) is 16.8 Å². The number of aryl methyl sites for hydroxylation is 1. The lowest BCUT2D eigenvalue weighted by molar-refractivity contribution is 0.470. The average molecular weight is 284 g/mol. The number of nitrogens with zero attached hydrogens (tertiary/aromatic N) is 4. The van der Waals surface area contributed by atoms with Crippen molar-refractivity contribution in [1.82, 2.24) is 15.0 Å². The molecule has 0 aromatic carbocycles. The van der Waals surface area contributed by atoms with E-state index in [1.54, 1.807) is 0 Å². The van der Waals surface area contributed by atoms with Crippen molar-refractivity contribution >= 4 is 5.95 Å². The molecule has 21 heavy (non-hydrogen) atoms. The minimum absolute atomic E-state index is 0.461. The number of halogens is 1. The van der Waals surface area contributed by atoms with Crippen molar-refractivity contribution in [2.75, 3.05) is 11.4 Å². The smallest absolute Gasteiger partial charge is 0.226 e. The number of hydrogen-bond donors (Lipinski definition) is 0. The van der Waals surface area contributed by atoms with E-state index in [4.69, 9.17) is 9.97 Å². The Kier molecular flexibility index (Phi) is 2.87. The maximum absolute atomic E-state index is 13.4. The molecule has 1 atom stereocenters. The molecule has 1 fully saturated rings. The summed E-state index contributed by atoms with van der Waals surface area (Å²) in [5, 5.41) is 0. The monoisotopic (exact) mass is 284 g/mol. The molecule has 0 unspecified atom stereocenters. The van der Waals surface area contributed by atoms with Gasteiger partial charge < -0.3 is 4.90 Å². The van der Waals surface area contributed by atoms with E-state index in [0.717, 1.165) is 48.7 Å². The molecule has 108 valence electrons. The Morgan fingerprint density at radius 2 is 2.19 bits per heavy atom. The van der Waals surface area contributed by atoms with Gasteiger partial charge in [0.05, 0.1) is 5.69 Å². The highest BCUT2D eigenvalue weighted by atomic mass is 19.1. The number of pyridine rings is 1. The molecule has 2 aliphatic rings. The summed E-state index contributed by atoms with van der Waals surface area (Å²) < 4.78 is 13.4. The highest BCUT2D eigenvalue weighted by Gasteiger charge is 2.29. The molecule has 3 heterocycles. The van der Waals surface area contributed by atoms with Gasteiger partial charge in [0, 0.05) is 41.7 Å². The van der Waals surface area contributed by atoms with Crippen molar-refractivity contribution in [1.29, 1.82) is 0 Å². The molecule has 2 aromatic rings. The van der Waals surface area contributed by atoms with Gasteiger partial charge in [-0.3, -0.25) is 0 Å². The summed E-state index contributed by atoms with van der Waals surface area (Å²) in [5.41, 5.74) is 3.99. The Hall–Kier alpha value is -2.04. The summed E-state index contributed by atoms with van der Waals surface area (Å²) in [7, 11) is 0. The SMILES string of the molecule is C[C@H]1CCN1c1nc2c(c(-c3ccnc(F)c3)n1)CCC2. The lowest BCUT2D eigenvalue weighted by atomic mass is 10.0. The zero-order valence-corrected chi connectivity index (χ0v) is 12.0. The van der Waals surface area contributed by atoms with Crippen LogP contribution in [0.15, 0.2) is 18.3 Å². The van der Waals surface area contributed by atoms with Gasteiger partial charge in [0.15, 0.2) is 0 Å². The highest BCUT2D eigenvalue weighted by Crippen LogP contribution is 2.33. The van der Waals surface area contributed by atoms with E-state index in [1.165, 1.54) is 24.2 Å². The summed E-state index contributed by atoms with van der Waals surface area (Å²) in [6.45, 7) is 3.19. The molecule has 2 aromatic heterocycles. The van der Waals surface area contributed by atoms with Crippen molar-refractivity contribution in [2.24, 2.45) is 0 Å². The Morgan fingerprint density at radius 3 is 2.90 bits per heavy atom. The molecule has 0 saturated carbocycles. The molecule has 1 aliphatic heterocycles. The van der Waals surface area contributed by atoms with Gasteiger partial charge in [-0.25, -0.2) is 15.0 Å². The molecule has 0 radical (unpaired) electrons. The third kappa shape index (κ3) is 2.07. The van der Waals surface area contributed by atoms with Gasteiger partial charge in [-0.05, 0) is 38.7 Å². The van der Waals surface area contributed by atoms with Crippen molar-refractivity contribution in [3.63, 3.8) is 0 Å². The number of fused-ring (bicyclic) bond motifs is 1. The molecular formula is C16H17FN4. The second-order valence-electron chi connectivity index (χ2n) is 5.85. The third-order valence-electron chi connectivity index (χ3n) is 4.50. The van der Waals surface area contributed by atoms with Crippen LogP contribution in [-0.2, 0) is 12.8 Å². The first-order chi connectivity index (χ1) is 10.2. The molecule has 0 bridgehead atoms. The van der Waals surface area contributed by atoms with E-state index < -0.39 is 5.95 Å². The van der Waals surface area contributed by atoms with Crippen LogP contribution in [0.2, 0.25) is 0 Å². The first kappa shape index (κ1) is 12.7. The Bertz CT molecular complexity index is 701. The van der Waals surface area contributed by atoms with E-state index in [-0.39, 0.29) is 0 Å². The van der Waals surface area contributed by atoms with Crippen molar-refractivity contribution < 1.29 is 4.39 Å². The number of anilines is 1. The van der Waals surface area contributed by atoms with E-state index in [1.807, 2.05) is 6.07 Å². The Balaban J connectivity index is 1.85. The molecule has 5 heteroatoms. The molecule has 0 amide bonds. The fourth-order valence-corrected chi connectivity index (χ4v) is 3.15. The van der Waals surface area contributed by atoms with Crippen molar-refractivity contribution in [3.05, 3.63) is 35.5 Å². The van der Waals surface area contributed by atoms with Crippen LogP contribution in [0.3, 0.4) is 0 Å². The minimum Gasteiger partial charge on any atom is -0.338 e. The van der Waals surface area contributed by atoms with Gasteiger partial charge in [-0.15, -0.1) is 0 Å². The largest absolute Gasteiger partial charge is 0.338 e. The third-order valence-corrected chi connectivity index (χ3v) is 4.50. The van der Waals surface area contributed by atoms with Gasteiger partial charge in [-0.2, -0.15) is 4.39 Å². The normalized spacial score (nSPS) is 20.3. The Morgan fingerprint density at radius 1 is 1.29 bits per heavy atom. The summed E-state index contributed by atoms with van der Waals surface area (Å²) in [6.07, 6.45) is 5.75. The van der Waals surface area contributed by atoms with Crippen LogP contribution in [0.4, 0.5) is 10.3 Å². The van der Waals surface area contributed by atoms with Crippen molar-refractivity contribution in [3.8, 4) is 11.3 Å². The molecule has 0 spiro atoms. The molecule has 1 aliphatic carbocycles. The predicted octanol–water partition coefficient (Wildman–Crippen LogP) is 2.77. The Labute approximate surface area is 123 Å². The highest BCUT2D eigenvalue weighted by molar-refractivity contribution is 5.66. The second kappa shape index (κ2) is 4.76. The van der Waals surface area contributed by atoms with Gasteiger partial charge in [0.25, 0.3) is 0 Å². The van der Waals surface area contributed by atoms with Crippen LogP contribution >= 0.6 is 0 Å². The summed E-state index contributed by atoms with van der Waals surface area (Å²) >= 11 is 0. The van der Waals surface area contributed by atoms with Crippen LogP contribution in [0.25, 0.3) is 11.3 Å². The van der Waals surface area contributed by atoms with Crippen LogP contribution in [0, 0.1) is 5.95 Å². The topological polar surface area (TPSA) is 41.9 Å². The summed E-state index contributed by atoms with van der Waals surface area (Å²) in [5.74, 6) is 0.332. The lowest BCUT2D eigenvalue weighted by Gasteiger charge is -2.39. The number of rotatable bonds is 2. The van der Waals surface area contributed by atoms with E-state index in [0.29, 0.717) is 6.04 Å². The summed E-state index contributed by atoms with van der Waals surface area (Å²) in [4.78, 5) is 15.3. The van der Waals surface area contributed by atoms with Gasteiger partial charge in [0.1, 0.15) is 0 Å². The van der Waals surface area contributed by atoms with Crippen LogP contribution in [-0.4, -0.2) is 27.5 Å². The fraction of sp³-hybridized carbons (Fsp3) is 0.438. The zero-order valence-electron chi connectivity index (χ0n) is 12.0. The second-order valence-corrected chi connectivity index (χ2v) is 5.85. The van der Waals surface area contributed by atoms with E-state index in [9.17, 15) is 4.39 Å². The standard InChI is InChI=1S/C16H17FN4/c1-10-6-8-21(10)16-19-13-4-2-3-12(13)15(20-16)11-5-7-18-14(17)9-11/h5,7,9-10H,2-4,6,8H2,1H3/t10-/m0/s1. The first-order valence-electron chi connectivity index (χ1n) is 7.51. The van der Waals surface area contributed by atoms with Crippen LogP contribution in [0.1, 0.15) is 31.0 Å². The molecule has 0 N–H and O–H groups in total. The summed E-state index contributed by atoms with van der Waals surface area (Å²) in [6, 6.07) is 3.78. The fourth-order valence-electron chi connectivity index (χ4n) is 3.15. The maximum Gasteiger partial charge on any atom is 0.226 e. The molecule has 4 nitrogen and oxygen atoms in total.